The van der Waals surface area contributed by atoms with Gasteiger partial charge in [-0.3, -0.25) is 0 Å². The smallest absolute Gasteiger partial charge is 0.250 e. The molecule has 0 aliphatic heterocycles. The number of alkyl halides is 3. The molecular formula is C22H24Cl3N5. The van der Waals surface area contributed by atoms with Crippen molar-refractivity contribution in [2.75, 3.05) is 32.5 Å². The highest BCUT2D eigenvalue weighted by Gasteiger charge is 2.29. The molecule has 0 spiro atoms. The van der Waals surface area contributed by atoms with Crippen LogP contribution in [-0.2, 0) is 3.79 Å². The van der Waals surface area contributed by atoms with Crippen molar-refractivity contribution in [3.63, 3.8) is 0 Å². The molecule has 0 unspecified atom stereocenters. The molecule has 0 aliphatic carbocycles. The second-order valence-corrected chi connectivity index (χ2v) is 9.58. The van der Waals surface area contributed by atoms with Crippen molar-refractivity contribution in [1.82, 2.24) is 19.9 Å². The normalized spacial score (nSPS) is 11.7. The lowest BCUT2D eigenvalue weighted by Gasteiger charge is -2.15. The van der Waals surface area contributed by atoms with E-state index in [0.29, 0.717) is 18.3 Å². The lowest BCUT2D eigenvalue weighted by molar-refractivity contribution is 0.405. The second-order valence-electron chi connectivity index (χ2n) is 7.30. The summed E-state index contributed by atoms with van der Waals surface area (Å²) < 4.78 is -1.75. The Bertz CT molecular complexity index is 985. The average Bonchev–Trinajstić information content (AvgIpc) is 2.71. The number of benzene rings is 2. The molecule has 158 valence electrons. The first-order valence-corrected chi connectivity index (χ1v) is 10.8. The second kappa shape index (κ2) is 9.92. The Morgan fingerprint density at radius 2 is 1.57 bits per heavy atom. The zero-order chi connectivity index (χ0) is 21.7. The summed E-state index contributed by atoms with van der Waals surface area (Å²) >= 11 is 18.3. The molecule has 3 rings (SSSR count). The van der Waals surface area contributed by atoms with Crippen LogP contribution < -0.4 is 5.32 Å². The molecule has 8 heteroatoms. The quantitative estimate of drug-likeness (QED) is 0.359. The van der Waals surface area contributed by atoms with E-state index in [0.717, 1.165) is 29.7 Å². The van der Waals surface area contributed by atoms with E-state index in [1.54, 1.807) is 0 Å². The standard InChI is InChI=1S/C22H24Cl3N5/c1-15-9-11-16(12-10-15)17-7-4-5-8-18(17)19-27-20(22(23,24)25)29-21(28-19)26-13-6-14-30(2)3/h4-5,7-12H,6,13-14H2,1-3H3,(H,26,27,28,29). The molecule has 0 amide bonds. The Morgan fingerprint density at radius 1 is 0.900 bits per heavy atom. The number of anilines is 1. The van der Waals surface area contributed by atoms with E-state index in [2.05, 4.69) is 56.4 Å². The van der Waals surface area contributed by atoms with Gasteiger partial charge in [0.2, 0.25) is 9.74 Å². The van der Waals surface area contributed by atoms with Gasteiger partial charge in [-0.25, -0.2) is 4.98 Å². The van der Waals surface area contributed by atoms with Gasteiger partial charge >= 0.3 is 0 Å². The largest absolute Gasteiger partial charge is 0.354 e. The Hall–Kier alpha value is -1.92. The summed E-state index contributed by atoms with van der Waals surface area (Å²) in [5.41, 5.74) is 4.10. The minimum absolute atomic E-state index is 0.0892. The fourth-order valence-corrected chi connectivity index (χ4v) is 3.21. The van der Waals surface area contributed by atoms with Crippen LogP contribution in [0.1, 0.15) is 17.8 Å². The zero-order valence-corrected chi connectivity index (χ0v) is 19.4. The van der Waals surface area contributed by atoms with Gasteiger partial charge in [-0.1, -0.05) is 88.9 Å². The predicted molar refractivity (Wildman–Crippen MR) is 126 cm³/mol. The molecule has 1 heterocycles. The number of halogens is 3. The zero-order valence-electron chi connectivity index (χ0n) is 17.2. The molecule has 0 saturated heterocycles. The number of hydrogen-bond acceptors (Lipinski definition) is 5. The monoisotopic (exact) mass is 463 g/mol. The van der Waals surface area contributed by atoms with E-state index >= 15 is 0 Å². The van der Waals surface area contributed by atoms with Crippen LogP contribution in [0, 0.1) is 6.92 Å². The fraction of sp³-hybridized carbons (Fsp3) is 0.318. The summed E-state index contributed by atoms with van der Waals surface area (Å²) in [6.07, 6.45) is 0.928. The topological polar surface area (TPSA) is 53.9 Å². The Labute approximate surface area is 192 Å². The summed E-state index contributed by atoms with van der Waals surface area (Å²) in [7, 11) is 4.06. The number of rotatable bonds is 7. The SMILES string of the molecule is Cc1ccc(-c2ccccc2-c2nc(NCCCN(C)C)nc(C(Cl)(Cl)Cl)n2)cc1. The average molecular weight is 465 g/mol. The van der Waals surface area contributed by atoms with Gasteiger partial charge in [0.1, 0.15) is 0 Å². The third kappa shape index (κ3) is 6.05. The van der Waals surface area contributed by atoms with Gasteiger partial charge in [-0.15, -0.1) is 0 Å². The van der Waals surface area contributed by atoms with Crippen LogP contribution in [0.15, 0.2) is 48.5 Å². The minimum Gasteiger partial charge on any atom is -0.354 e. The lowest BCUT2D eigenvalue weighted by Crippen LogP contribution is -2.18. The van der Waals surface area contributed by atoms with Gasteiger partial charge in [0.25, 0.3) is 0 Å². The number of nitrogens with one attached hydrogen (secondary N) is 1. The maximum atomic E-state index is 6.11. The van der Waals surface area contributed by atoms with Gasteiger partial charge in [-0.2, -0.15) is 9.97 Å². The fourth-order valence-electron chi connectivity index (χ4n) is 2.96. The van der Waals surface area contributed by atoms with Crippen molar-refractivity contribution in [2.45, 2.75) is 17.1 Å². The number of aromatic nitrogens is 3. The van der Waals surface area contributed by atoms with Gasteiger partial charge in [0, 0.05) is 12.1 Å². The minimum atomic E-state index is -1.75. The van der Waals surface area contributed by atoms with Gasteiger partial charge < -0.3 is 10.2 Å². The number of nitrogens with zero attached hydrogens (tertiary/aromatic N) is 4. The van der Waals surface area contributed by atoms with Crippen LogP contribution in [0.3, 0.4) is 0 Å². The van der Waals surface area contributed by atoms with Crippen LogP contribution in [0.2, 0.25) is 0 Å². The summed E-state index contributed by atoms with van der Waals surface area (Å²) in [4.78, 5) is 15.5. The van der Waals surface area contributed by atoms with E-state index < -0.39 is 3.79 Å². The van der Waals surface area contributed by atoms with Crippen LogP contribution in [0.5, 0.6) is 0 Å². The Morgan fingerprint density at radius 3 is 2.20 bits per heavy atom. The summed E-state index contributed by atoms with van der Waals surface area (Å²) in [5, 5.41) is 3.22. The summed E-state index contributed by atoms with van der Waals surface area (Å²) in [6.45, 7) is 3.70. The summed E-state index contributed by atoms with van der Waals surface area (Å²) in [6, 6.07) is 16.2. The maximum absolute atomic E-state index is 6.11. The van der Waals surface area contributed by atoms with Crippen molar-refractivity contribution in [3.05, 3.63) is 59.9 Å². The van der Waals surface area contributed by atoms with Gasteiger partial charge in [0.05, 0.1) is 0 Å². The van der Waals surface area contributed by atoms with Crippen molar-refractivity contribution < 1.29 is 0 Å². The molecule has 1 aromatic heterocycles. The molecule has 0 radical (unpaired) electrons. The van der Waals surface area contributed by atoms with Crippen LogP contribution >= 0.6 is 34.8 Å². The van der Waals surface area contributed by atoms with Crippen molar-refractivity contribution in [3.8, 4) is 22.5 Å². The molecular weight excluding hydrogens is 441 g/mol. The van der Waals surface area contributed by atoms with Gasteiger partial charge in [0.15, 0.2) is 11.6 Å². The first-order chi connectivity index (χ1) is 14.2. The van der Waals surface area contributed by atoms with E-state index in [-0.39, 0.29) is 5.82 Å². The van der Waals surface area contributed by atoms with Crippen LogP contribution in [0.4, 0.5) is 5.95 Å². The molecule has 0 fully saturated rings. The van der Waals surface area contributed by atoms with Crippen molar-refractivity contribution in [2.24, 2.45) is 0 Å². The summed E-state index contributed by atoms with van der Waals surface area (Å²) in [5.74, 6) is 0.933. The molecule has 0 bridgehead atoms. The van der Waals surface area contributed by atoms with Crippen molar-refractivity contribution in [1.29, 1.82) is 0 Å². The van der Waals surface area contributed by atoms with E-state index in [9.17, 15) is 0 Å². The number of aryl methyl sites for hydroxylation is 1. The third-order valence-corrected chi connectivity index (χ3v) is 4.99. The van der Waals surface area contributed by atoms with Crippen LogP contribution in [0.25, 0.3) is 22.5 Å². The molecule has 2 aromatic carbocycles. The van der Waals surface area contributed by atoms with Gasteiger partial charge in [-0.05, 0) is 45.1 Å². The highest BCUT2D eigenvalue weighted by atomic mass is 35.6. The molecule has 1 N–H and O–H groups in total. The van der Waals surface area contributed by atoms with E-state index in [1.807, 2.05) is 38.4 Å². The molecule has 5 nitrogen and oxygen atoms in total. The number of hydrogen-bond donors (Lipinski definition) is 1. The van der Waals surface area contributed by atoms with Crippen LogP contribution in [-0.4, -0.2) is 47.0 Å². The van der Waals surface area contributed by atoms with Crippen molar-refractivity contribution >= 4 is 40.8 Å². The first kappa shape index (κ1) is 22.8. The van der Waals surface area contributed by atoms with E-state index in [1.165, 1.54) is 5.56 Å². The van der Waals surface area contributed by atoms with E-state index in [4.69, 9.17) is 34.8 Å². The molecule has 0 aliphatic rings. The maximum Gasteiger partial charge on any atom is 0.250 e. The highest BCUT2D eigenvalue weighted by molar-refractivity contribution is 6.66. The molecule has 3 aromatic rings. The molecule has 0 saturated carbocycles. The third-order valence-electron chi connectivity index (χ3n) is 4.48. The lowest BCUT2D eigenvalue weighted by atomic mass is 9.98. The highest BCUT2D eigenvalue weighted by Crippen LogP contribution is 2.38. The molecule has 30 heavy (non-hydrogen) atoms. The Balaban J connectivity index is 2.01. The first-order valence-electron chi connectivity index (χ1n) is 9.62. The predicted octanol–water partition coefficient (Wildman–Crippen LogP) is 5.70. The Kier molecular flexibility index (Phi) is 7.53. The molecule has 0 atom stereocenters.